The SMILES string of the molecule is NC1CCCN(C(=O)c2cc3c4c(c2)OCCN4[C@H](c2cc4ccccc4n2Cc2cccnn2)N3)C1. The number of para-hydroxylation sites is 1. The van der Waals surface area contributed by atoms with Crippen molar-refractivity contribution in [2.75, 3.05) is 36.5 Å². The van der Waals surface area contributed by atoms with Gasteiger partial charge in [-0.1, -0.05) is 18.2 Å². The highest BCUT2D eigenvalue weighted by molar-refractivity contribution is 5.99. The van der Waals surface area contributed by atoms with Gasteiger partial charge < -0.3 is 30.2 Å². The number of nitrogens with one attached hydrogen (secondary N) is 1. The second-order valence-electron chi connectivity index (χ2n) is 10.0. The van der Waals surface area contributed by atoms with Crippen LogP contribution in [0.3, 0.4) is 0 Å². The van der Waals surface area contributed by atoms with Gasteiger partial charge in [0, 0.05) is 41.8 Å². The zero-order valence-corrected chi connectivity index (χ0v) is 20.5. The topological polar surface area (TPSA) is 102 Å². The predicted octanol–water partition coefficient (Wildman–Crippen LogP) is 3.37. The summed E-state index contributed by atoms with van der Waals surface area (Å²) in [6.45, 7) is 3.25. The summed E-state index contributed by atoms with van der Waals surface area (Å²) in [6, 6.07) is 18.5. The number of rotatable bonds is 4. The highest BCUT2D eigenvalue weighted by Crippen LogP contribution is 2.50. The Morgan fingerprint density at radius 3 is 2.92 bits per heavy atom. The van der Waals surface area contributed by atoms with Crippen molar-refractivity contribution < 1.29 is 9.53 Å². The van der Waals surface area contributed by atoms with Gasteiger partial charge >= 0.3 is 0 Å². The molecule has 0 bridgehead atoms. The summed E-state index contributed by atoms with van der Waals surface area (Å²) in [6.07, 6.45) is 3.49. The van der Waals surface area contributed by atoms with Crippen LogP contribution in [0, 0.1) is 0 Å². The number of fused-ring (bicyclic) bond motifs is 1. The summed E-state index contributed by atoms with van der Waals surface area (Å²) in [4.78, 5) is 17.6. The lowest BCUT2D eigenvalue weighted by Crippen LogP contribution is -2.45. The van der Waals surface area contributed by atoms with Crippen LogP contribution in [0.25, 0.3) is 10.9 Å². The molecule has 0 aliphatic carbocycles. The lowest BCUT2D eigenvalue weighted by Gasteiger charge is -2.33. The molecule has 188 valence electrons. The van der Waals surface area contributed by atoms with Crippen LogP contribution >= 0.6 is 0 Å². The van der Waals surface area contributed by atoms with Gasteiger partial charge in [0.05, 0.1) is 30.2 Å². The number of carbonyl (C=O) groups excluding carboxylic acids is 1. The number of likely N-dealkylation sites (tertiary alicyclic amines) is 1. The molecule has 9 nitrogen and oxygen atoms in total. The first kappa shape index (κ1) is 22.1. The standard InChI is InChI=1S/C28H29N7O2/c29-20-6-4-10-33(16-20)28(36)19-13-22-26-25(15-19)37-12-11-34(26)27(31-22)24-14-18-5-1-2-8-23(18)35(24)17-21-7-3-9-30-32-21/h1-3,5,7-9,13-15,20,27,31H,4,6,10-12,16-17,29H2/t20?,27-/m1/s1. The number of ether oxygens (including phenoxy) is 1. The molecule has 3 N–H and O–H groups in total. The van der Waals surface area contributed by atoms with E-state index in [1.54, 1.807) is 6.20 Å². The summed E-state index contributed by atoms with van der Waals surface area (Å²) in [5.41, 5.74) is 11.9. The van der Waals surface area contributed by atoms with Crippen molar-refractivity contribution in [1.29, 1.82) is 0 Å². The molecule has 1 saturated heterocycles. The van der Waals surface area contributed by atoms with E-state index in [1.165, 1.54) is 5.39 Å². The van der Waals surface area contributed by atoms with Gasteiger partial charge in [0.2, 0.25) is 0 Å². The summed E-state index contributed by atoms with van der Waals surface area (Å²) in [7, 11) is 0. The van der Waals surface area contributed by atoms with Crippen LogP contribution in [0.4, 0.5) is 11.4 Å². The van der Waals surface area contributed by atoms with Gasteiger partial charge in [-0.3, -0.25) is 4.79 Å². The van der Waals surface area contributed by atoms with Crippen molar-refractivity contribution in [3.8, 4) is 5.75 Å². The largest absolute Gasteiger partial charge is 0.489 e. The van der Waals surface area contributed by atoms with Crippen LogP contribution < -0.4 is 20.7 Å². The molecule has 7 rings (SSSR count). The van der Waals surface area contributed by atoms with Gasteiger partial charge in [0.1, 0.15) is 24.2 Å². The molecular formula is C28H29N7O2. The molecule has 2 aromatic heterocycles. The quantitative estimate of drug-likeness (QED) is 0.448. The van der Waals surface area contributed by atoms with Crippen molar-refractivity contribution in [1.82, 2.24) is 19.7 Å². The average molecular weight is 496 g/mol. The summed E-state index contributed by atoms with van der Waals surface area (Å²) in [5.74, 6) is 0.761. The normalized spacial score (nSPS) is 20.5. The number of aromatic nitrogens is 3. The minimum absolute atomic E-state index is 0.0111. The Morgan fingerprint density at radius 2 is 2.05 bits per heavy atom. The van der Waals surface area contributed by atoms with E-state index in [0.717, 1.165) is 60.0 Å². The van der Waals surface area contributed by atoms with Crippen LogP contribution in [-0.4, -0.2) is 57.9 Å². The Balaban J connectivity index is 1.27. The van der Waals surface area contributed by atoms with Crippen LogP contribution in [0.2, 0.25) is 0 Å². The van der Waals surface area contributed by atoms with Crippen molar-refractivity contribution in [2.45, 2.75) is 31.6 Å². The zero-order valence-electron chi connectivity index (χ0n) is 20.5. The lowest BCUT2D eigenvalue weighted by molar-refractivity contribution is 0.0708. The summed E-state index contributed by atoms with van der Waals surface area (Å²) in [5, 5.41) is 13.3. The maximum atomic E-state index is 13.4. The third-order valence-electron chi connectivity index (χ3n) is 7.62. The summed E-state index contributed by atoms with van der Waals surface area (Å²) < 4.78 is 8.39. The number of nitrogens with zero attached hydrogens (tertiary/aromatic N) is 5. The van der Waals surface area contributed by atoms with Crippen LogP contribution in [0.5, 0.6) is 5.75 Å². The van der Waals surface area contributed by atoms with Gasteiger partial charge in [-0.25, -0.2) is 0 Å². The number of anilines is 2. The van der Waals surface area contributed by atoms with E-state index in [9.17, 15) is 4.79 Å². The smallest absolute Gasteiger partial charge is 0.254 e. The van der Waals surface area contributed by atoms with Crippen molar-refractivity contribution in [3.05, 3.63) is 77.7 Å². The molecular weight excluding hydrogens is 466 g/mol. The molecule has 2 aromatic carbocycles. The Labute approximate surface area is 214 Å². The Kier molecular flexibility index (Phi) is 5.24. The maximum absolute atomic E-state index is 13.4. The number of benzene rings is 2. The van der Waals surface area contributed by atoms with Gasteiger partial charge in [-0.2, -0.15) is 10.2 Å². The Bertz CT molecular complexity index is 1480. The fourth-order valence-electron chi connectivity index (χ4n) is 5.92. The molecule has 0 saturated carbocycles. The predicted molar refractivity (Wildman–Crippen MR) is 142 cm³/mol. The van der Waals surface area contributed by atoms with E-state index in [4.69, 9.17) is 10.5 Å². The molecule has 1 unspecified atom stereocenters. The van der Waals surface area contributed by atoms with Crippen LogP contribution in [0.1, 0.15) is 40.8 Å². The van der Waals surface area contributed by atoms with Gasteiger partial charge in [0.15, 0.2) is 0 Å². The van der Waals surface area contributed by atoms with Gasteiger partial charge in [0.25, 0.3) is 5.91 Å². The van der Waals surface area contributed by atoms with E-state index in [-0.39, 0.29) is 18.1 Å². The molecule has 4 aromatic rings. The number of piperidine rings is 1. The van der Waals surface area contributed by atoms with Crippen molar-refractivity contribution in [2.24, 2.45) is 5.73 Å². The number of nitrogens with two attached hydrogens (primary N) is 1. The average Bonchev–Trinajstić information content (AvgIpc) is 3.48. The fraction of sp³-hybridized carbons (Fsp3) is 0.321. The third kappa shape index (κ3) is 3.77. The maximum Gasteiger partial charge on any atom is 0.254 e. The first-order chi connectivity index (χ1) is 18.2. The molecule has 1 fully saturated rings. The molecule has 9 heteroatoms. The van der Waals surface area contributed by atoms with Crippen LogP contribution in [0.15, 0.2) is 60.8 Å². The van der Waals surface area contributed by atoms with E-state index in [2.05, 4.69) is 55.3 Å². The Morgan fingerprint density at radius 1 is 1.14 bits per heavy atom. The molecule has 0 spiro atoms. The van der Waals surface area contributed by atoms with Gasteiger partial charge in [-0.05, 0) is 49.2 Å². The molecule has 3 aliphatic rings. The van der Waals surface area contributed by atoms with E-state index < -0.39 is 0 Å². The molecule has 0 radical (unpaired) electrons. The molecule has 2 atom stereocenters. The highest BCUT2D eigenvalue weighted by atomic mass is 16.5. The highest BCUT2D eigenvalue weighted by Gasteiger charge is 2.38. The first-order valence-corrected chi connectivity index (χ1v) is 12.9. The van der Waals surface area contributed by atoms with E-state index in [1.807, 2.05) is 29.2 Å². The molecule has 1 amide bonds. The minimum atomic E-state index is -0.101. The minimum Gasteiger partial charge on any atom is -0.489 e. The fourth-order valence-corrected chi connectivity index (χ4v) is 5.92. The third-order valence-corrected chi connectivity index (χ3v) is 7.62. The number of hydrogen-bond donors (Lipinski definition) is 2. The molecule has 5 heterocycles. The van der Waals surface area contributed by atoms with E-state index in [0.29, 0.717) is 25.3 Å². The van der Waals surface area contributed by atoms with E-state index >= 15 is 0 Å². The molecule has 37 heavy (non-hydrogen) atoms. The van der Waals surface area contributed by atoms with Crippen molar-refractivity contribution in [3.63, 3.8) is 0 Å². The second kappa shape index (κ2) is 8.77. The summed E-state index contributed by atoms with van der Waals surface area (Å²) >= 11 is 0. The Hall–Kier alpha value is -4.11. The number of hydrogen-bond acceptors (Lipinski definition) is 7. The molecule has 3 aliphatic heterocycles. The number of carbonyl (C=O) groups is 1. The van der Waals surface area contributed by atoms with Crippen molar-refractivity contribution >= 4 is 28.2 Å². The monoisotopic (exact) mass is 495 g/mol. The number of amides is 1. The van der Waals surface area contributed by atoms with Crippen LogP contribution in [-0.2, 0) is 6.54 Å². The lowest BCUT2D eigenvalue weighted by atomic mass is 10.0. The first-order valence-electron chi connectivity index (χ1n) is 12.9. The second-order valence-corrected chi connectivity index (χ2v) is 10.0. The van der Waals surface area contributed by atoms with Gasteiger partial charge in [-0.15, -0.1) is 0 Å². The zero-order chi connectivity index (χ0) is 24.9.